The summed E-state index contributed by atoms with van der Waals surface area (Å²) in [6, 6.07) is 4.78. The molecule has 25 heavy (non-hydrogen) atoms. The van der Waals surface area contributed by atoms with E-state index in [0.29, 0.717) is 17.1 Å². The lowest BCUT2D eigenvalue weighted by molar-refractivity contribution is -0.132. The van der Waals surface area contributed by atoms with Crippen LogP contribution in [0.15, 0.2) is 29.8 Å². The Morgan fingerprint density at radius 1 is 1.28 bits per heavy atom. The average molecular weight is 371 g/mol. The molecule has 0 saturated heterocycles. The van der Waals surface area contributed by atoms with Gasteiger partial charge in [0.25, 0.3) is 11.7 Å². The summed E-state index contributed by atoms with van der Waals surface area (Å²) < 4.78 is 40.9. The van der Waals surface area contributed by atoms with Crippen molar-refractivity contribution >= 4 is 15.8 Å². The number of benzene rings is 1. The van der Waals surface area contributed by atoms with Crippen molar-refractivity contribution in [2.24, 2.45) is 0 Å². The Balaban J connectivity index is 2.55. The van der Waals surface area contributed by atoms with E-state index in [1.807, 2.05) is 0 Å². The van der Waals surface area contributed by atoms with Crippen LogP contribution in [-0.2, 0) is 25.2 Å². The zero-order valence-corrected chi connectivity index (χ0v) is 15.5. The molecular weight excluding hydrogens is 350 g/mol. The summed E-state index contributed by atoms with van der Waals surface area (Å²) in [4.78, 5) is 12.7. The van der Waals surface area contributed by atoms with Crippen molar-refractivity contribution in [3.05, 3.63) is 35.4 Å². The molecule has 0 spiro atoms. The van der Waals surface area contributed by atoms with Gasteiger partial charge in [-0.2, -0.15) is 0 Å². The lowest BCUT2D eigenvalue weighted by Crippen LogP contribution is -2.33. The van der Waals surface area contributed by atoms with E-state index in [1.165, 1.54) is 35.1 Å². The first kappa shape index (κ1) is 18.9. The molecule has 1 atom stereocenters. The van der Waals surface area contributed by atoms with Gasteiger partial charge in [-0.25, -0.2) is 12.7 Å². The predicted molar refractivity (Wildman–Crippen MR) is 89.9 cm³/mol. The van der Waals surface area contributed by atoms with Crippen molar-refractivity contribution in [1.82, 2.24) is 4.31 Å². The Kier molecular flexibility index (Phi) is 4.90. The smallest absolute Gasteiger partial charge is 0.251 e. The largest absolute Gasteiger partial charge is 0.501 e. The van der Waals surface area contributed by atoms with Crippen LogP contribution < -0.4 is 9.47 Å². The quantitative estimate of drug-likeness (QED) is 0.809. The second-order valence-corrected chi connectivity index (χ2v) is 7.84. The number of Topliss-reactive ketones (excluding diaryl/α,β-unsaturated/α-hetero) is 1. The van der Waals surface area contributed by atoms with E-state index in [1.54, 1.807) is 18.2 Å². The lowest BCUT2D eigenvalue weighted by Gasteiger charge is -2.28. The van der Waals surface area contributed by atoms with Gasteiger partial charge in [-0.15, -0.1) is 0 Å². The molecule has 1 heterocycles. The molecule has 1 aromatic rings. The Hall–Kier alpha value is -2.42. The zero-order valence-electron chi connectivity index (χ0n) is 14.7. The molecule has 9 heteroatoms. The molecule has 138 valence electrons. The predicted octanol–water partition coefficient (Wildman–Crippen LogP) is 1.53. The molecule has 0 amide bonds. The highest BCUT2D eigenvalue weighted by atomic mass is 32.2. The highest BCUT2D eigenvalue weighted by Crippen LogP contribution is 2.44. The summed E-state index contributed by atoms with van der Waals surface area (Å²) in [6.45, 7) is 2.88. The minimum Gasteiger partial charge on any atom is -0.501 e. The SMILES string of the molecule is CCS(=O)(=O)N(C)C1=C(O)C(=O)C(C)(c2cc(OC)ccc2OC)O1. The van der Waals surface area contributed by atoms with Gasteiger partial charge >= 0.3 is 0 Å². The fourth-order valence-corrected chi connectivity index (χ4v) is 3.27. The number of ether oxygens (including phenoxy) is 3. The molecule has 0 fully saturated rings. The number of rotatable bonds is 6. The number of aliphatic hydroxyl groups excluding tert-OH is 1. The summed E-state index contributed by atoms with van der Waals surface area (Å²) in [5, 5.41) is 10.2. The number of hydrogen-bond donors (Lipinski definition) is 1. The molecule has 1 N–H and O–H groups in total. The monoisotopic (exact) mass is 371 g/mol. The van der Waals surface area contributed by atoms with Gasteiger partial charge in [-0.3, -0.25) is 4.79 Å². The van der Waals surface area contributed by atoms with E-state index >= 15 is 0 Å². The molecule has 0 aromatic heterocycles. The molecule has 0 bridgehead atoms. The van der Waals surface area contributed by atoms with Crippen molar-refractivity contribution in [1.29, 1.82) is 0 Å². The number of ketones is 1. The summed E-state index contributed by atoms with van der Waals surface area (Å²) in [7, 11) is 0.391. The molecule has 8 nitrogen and oxygen atoms in total. The minimum absolute atomic E-state index is 0.211. The molecule has 0 radical (unpaired) electrons. The highest BCUT2D eigenvalue weighted by Gasteiger charge is 2.51. The molecule has 2 rings (SSSR count). The van der Waals surface area contributed by atoms with Crippen molar-refractivity contribution in [2.45, 2.75) is 19.4 Å². The van der Waals surface area contributed by atoms with Gasteiger partial charge in [-0.1, -0.05) is 0 Å². The first-order chi connectivity index (χ1) is 11.6. The van der Waals surface area contributed by atoms with Crippen LogP contribution in [0.2, 0.25) is 0 Å². The van der Waals surface area contributed by atoms with Gasteiger partial charge in [0.15, 0.2) is 0 Å². The number of aliphatic hydroxyl groups is 1. The minimum atomic E-state index is -3.72. The third kappa shape index (κ3) is 2.99. The number of carbonyl (C=O) groups is 1. The van der Waals surface area contributed by atoms with E-state index in [2.05, 4.69) is 0 Å². The van der Waals surface area contributed by atoms with Gasteiger partial charge in [0, 0.05) is 12.6 Å². The Morgan fingerprint density at radius 2 is 1.92 bits per heavy atom. The van der Waals surface area contributed by atoms with Crippen LogP contribution in [0.5, 0.6) is 11.5 Å². The number of carbonyl (C=O) groups excluding carboxylic acids is 1. The van der Waals surface area contributed by atoms with Gasteiger partial charge in [0.2, 0.25) is 21.4 Å². The molecule has 1 aliphatic rings. The van der Waals surface area contributed by atoms with E-state index in [0.717, 1.165) is 4.31 Å². The summed E-state index contributed by atoms with van der Waals surface area (Å²) in [6.07, 6.45) is 0. The third-order valence-electron chi connectivity index (χ3n) is 4.14. The molecule has 1 unspecified atom stereocenters. The van der Waals surface area contributed by atoms with Crippen LogP contribution in [0, 0.1) is 0 Å². The van der Waals surface area contributed by atoms with Gasteiger partial charge in [-0.05, 0) is 32.0 Å². The first-order valence-electron chi connectivity index (χ1n) is 7.48. The van der Waals surface area contributed by atoms with Crippen LogP contribution in [0.3, 0.4) is 0 Å². The Bertz CT molecular complexity index is 831. The molecule has 0 saturated carbocycles. The maximum Gasteiger partial charge on any atom is 0.251 e. The Morgan fingerprint density at radius 3 is 2.44 bits per heavy atom. The number of methoxy groups -OCH3 is 2. The molecule has 0 aliphatic carbocycles. The summed E-state index contributed by atoms with van der Waals surface area (Å²) in [5.74, 6) is -1.36. The second kappa shape index (κ2) is 6.47. The van der Waals surface area contributed by atoms with Crippen LogP contribution in [0.25, 0.3) is 0 Å². The standard InChI is InChI=1S/C16H21NO7S/c1-6-25(20,21)17(3)15-13(18)14(19)16(2,24-15)11-9-10(22-4)7-8-12(11)23-5/h7-9,18H,6H2,1-5H3. The Labute approximate surface area is 146 Å². The van der Waals surface area contributed by atoms with Gasteiger partial charge < -0.3 is 19.3 Å². The van der Waals surface area contributed by atoms with Crippen molar-refractivity contribution in [2.75, 3.05) is 27.0 Å². The maximum absolute atomic E-state index is 12.7. The van der Waals surface area contributed by atoms with Gasteiger partial charge in [0.1, 0.15) is 11.5 Å². The van der Waals surface area contributed by atoms with Crippen LogP contribution in [0.1, 0.15) is 19.4 Å². The molecular formula is C16H21NO7S. The van der Waals surface area contributed by atoms with Crippen molar-refractivity contribution < 1.29 is 32.5 Å². The number of hydrogen-bond acceptors (Lipinski definition) is 7. The average Bonchev–Trinajstić information content (AvgIpc) is 2.85. The second-order valence-electron chi connectivity index (χ2n) is 5.55. The number of sulfonamides is 1. The molecule has 1 aliphatic heterocycles. The van der Waals surface area contributed by atoms with Crippen LogP contribution in [0.4, 0.5) is 0 Å². The number of nitrogens with zero attached hydrogens (tertiary/aromatic N) is 1. The normalized spacial score (nSPS) is 20.4. The highest BCUT2D eigenvalue weighted by molar-refractivity contribution is 7.89. The van der Waals surface area contributed by atoms with E-state index < -0.39 is 33.0 Å². The van der Waals surface area contributed by atoms with E-state index in [-0.39, 0.29) is 5.75 Å². The van der Waals surface area contributed by atoms with Crippen LogP contribution >= 0.6 is 0 Å². The van der Waals surface area contributed by atoms with Gasteiger partial charge in [0.05, 0.1) is 20.0 Å². The molecule has 1 aromatic carbocycles. The van der Waals surface area contributed by atoms with Crippen molar-refractivity contribution in [3.63, 3.8) is 0 Å². The fourth-order valence-electron chi connectivity index (χ4n) is 2.51. The summed E-state index contributed by atoms with van der Waals surface area (Å²) in [5.41, 5.74) is -1.35. The summed E-state index contributed by atoms with van der Waals surface area (Å²) >= 11 is 0. The fraction of sp³-hybridized carbons (Fsp3) is 0.438. The maximum atomic E-state index is 12.7. The van der Waals surface area contributed by atoms with E-state index in [9.17, 15) is 18.3 Å². The first-order valence-corrected chi connectivity index (χ1v) is 9.09. The zero-order chi connectivity index (χ0) is 19.0. The van der Waals surface area contributed by atoms with Crippen LogP contribution in [-0.4, -0.2) is 50.6 Å². The van der Waals surface area contributed by atoms with Crippen molar-refractivity contribution in [3.8, 4) is 11.5 Å². The lowest BCUT2D eigenvalue weighted by atomic mass is 9.90. The topological polar surface area (TPSA) is 102 Å². The third-order valence-corrected chi connectivity index (χ3v) is 5.87. The van der Waals surface area contributed by atoms with E-state index in [4.69, 9.17) is 14.2 Å².